The van der Waals surface area contributed by atoms with Gasteiger partial charge < -0.3 is 35.1 Å². The molecule has 12 heteroatoms. The van der Waals surface area contributed by atoms with Crippen LogP contribution < -0.4 is 30.6 Å². The maximum absolute atomic E-state index is 13.0. The lowest BCUT2D eigenvalue weighted by Crippen LogP contribution is -2.17. The molecule has 1 fully saturated rings. The van der Waals surface area contributed by atoms with Crippen molar-refractivity contribution in [2.75, 3.05) is 37.7 Å². The lowest BCUT2D eigenvalue weighted by atomic mass is 10.0. The first-order valence-electron chi connectivity index (χ1n) is 13.0. The Kier molecular flexibility index (Phi) is 7.06. The predicted octanol–water partition coefficient (Wildman–Crippen LogP) is 6.14. The Morgan fingerprint density at radius 2 is 1.63 bits per heavy atom. The summed E-state index contributed by atoms with van der Waals surface area (Å²) in [6, 6.07) is 9.19. The van der Waals surface area contributed by atoms with Crippen molar-refractivity contribution in [3.8, 4) is 39.4 Å². The van der Waals surface area contributed by atoms with Crippen LogP contribution in [0.5, 0.6) is 17.2 Å². The minimum absolute atomic E-state index is 0.00756. The largest absolute Gasteiger partial charge is 0.493 e. The van der Waals surface area contributed by atoms with Gasteiger partial charge in [-0.05, 0) is 35.4 Å². The first kappa shape index (κ1) is 28.2. The average molecular weight is 579 g/mol. The molecule has 1 amide bonds. The van der Waals surface area contributed by atoms with E-state index < -0.39 is 0 Å². The molecule has 0 aliphatic heterocycles. The molecule has 216 valence electrons. The molecule has 0 radical (unpaired) electrons. The van der Waals surface area contributed by atoms with Gasteiger partial charge in [0.05, 0.1) is 21.3 Å². The monoisotopic (exact) mass is 578 g/mol. The zero-order valence-electron chi connectivity index (χ0n) is 24.3. The fraction of sp³-hybridized carbons (Fsp3) is 0.379. The molecule has 4 N–H and O–H groups in total. The number of nitrogens with two attached hydrogens (primary N) is 1. The fourth-order valence-electron chi connectivity index (χ4n) is 5.25. The number of hydrogen-bond donors (Lipinski definition) is 3. The Morgan fingerprint density at radius 3 is 2.22 bits per heavy atom. The van der Waals surface area contributed by atoms with Crippen LogP contribution in [0.3, 0.4) is 0 Å². The summed E-state index contributed by atoms with van der Waals surface area (Å²) in [5, 5.41) is 11.0. The summed E-state index contributed by atoms with van der Waals surface area (Å²) in [6.07, 6.45) is 0. The molecular formula is C29H34N6O5S. The molecule has 4 aromatic rings. The summed E-state index contributed by atoms with van der Waals surface area (Å²) >= 11 is 1.26. The Labute approximate surface area is 242 Å². The number of benzene rings is 2. The number of rotatable bonds is 9. The summed E-state index contributed by atoms with van der Waals surface area (Å²) in [5.41, 5.74) is 9.14. The summed E-state index contributed by atoms with van der Waals surface area (Å²) in [4.78, 5) is 22.5. The van der Waals surface area contributed by atoms with E-state index in [1.165, 1.54) is 11.3 Å². The number of nitrogens with zero attached hydrogens (tertiary/aromatic N) is 3. The first-order valence-corrected chi connectivity index (χ1v) is 13.8. The quantitative estimate of drug-likeness (QED) is 0.212. The second kappa shape index (κ2) is 10.3. The Morgan fingerprint density at radius 1 is 0.976 bits per heavy atom. The summed E-state index contributed by atoms with van der Waals surface area (Å²) in [6.45, 7) is 10.4. The van der Waals surface area contributed by atoms with Crippen LogP contribution in [0.4, 0.5) is 22.3 Å². The van der Waals surface area contributed by atoms with E-state index in [4.69, 9.17) is 24.5 Å². The molecule has 0 spiro atoms. The van der Waals surface area contributed by atoms with Gasteiger partial charge in [0, 0.05) is 35.0 Å². The van der Waals surface area contributed by atoms with Gasteiger partial charge in [-0.2, -0.15) is 4.98 Å². The first-order chi connectivity index (χ1) is 19.4. The summed E-state index contributed by atoms with van der Waals surface area (Å²) in [5.74, 6) is 2.29. The molecule has 1 aliphatic rings. The maximum atomic E-state index is 13.0. The van der Waals surface area contributed by atoms with Crippen molar-refractivity contribution < 1.29 is 23.5 Å². The number of amides is 1. The van der Waals surface area contributed by atoms with Crippen LogP contribution in [0.25, 0.3) is 22.2 Å². The number of aromatic nitrogens is 3. The van der Waals surface area contributed by atoms with Gasteiger partial charge in [-0.3, -0.25) is 4.79 Å². The van der Waals surface area contributed by atoms with Gasteiger partial charge in [0.25, 0.3) is 5.89 Å². The molecule has 1 aliphatic carbocycles. The summed E-state index contributed by atoms with van der Waals surface area (Å²) < 4.78 is 21.8. The average Bonchev–Trinajstić information content (AvgIpc) is 3.34. The van der Waals surface area contributed by atoms with Crippen LogP contribution in [0.15, 0.2) is 34.9 Å². The van der Waals surface area contributed by atoms with Crippen LogP contribution in [0.1, 0.15) is 33.3 Å². The highest BCUT2D eigenvalue weighted by molar-refractivity contribution is 7.19. The van der Waals surface area contributed by atoms with Gasteiger partial charge >= 0.3 is 0 Å². The van der Waals surface area contributed by atoms with Gasteiger partial charge in [-0.15, -0.1) is 0 Å². The Balaban J connectivity index is 1.37. The second-order valence-corrected chi connectivity index (χ2v) is 12.1. The molecule has 0 saturated heterocycles. The highest BCUT2D eigenvalue weighted by Crippen LogP contribution is 2.68. The maximum Gasteiger partial charge on any atom is 0.272 e. The van der Waals surface area contributed by atoms with E-state index >= 15 is 0 Å². The topological polar surface area (TPSA) is 147 Å². The van der Waals surface area contributed by atoms with E-state index in [1.807, 2.05) is 25.1 Å². The Bertz CT molecular complexity index is 1590. The highest BCUT2D eigenvalue weighted by atomic mass is 32.1. The second-order valence-electron chi connectivity index (χ2n) is 11.1. The molecule has 1 saturated carbocycles. The van der Waals surface area contributed by atoms with E-state index in [-0.39, 0.29) is 34.4 Å². The number of carbonyl (C=O) groups is 1. The lowest BCUT2D eigenvalue weighted by molar-refractivity contribution is -0.118. The molecule has 41 heavy (non-hydrogen) atoms. The number of ether oxygens (including phenoxy) is 3. The van der Waals surface area contributed by atoms with Crippen molar-refractivity contribution in [2.45, 2.75) is 34.6 Å². The molecule has 2 heterocycles. The van der Waals surface area contributed by atoms with Gasteiger partial charge in [0.2, 0.25) is 17.5 Å². The number of methoxy groups -OCH3 is 3. The number of anilines is 4. The van der Waals surface area contributed by atoms with Crippen LogP contribution in [0, 0.1) is 23.7 Å². The van der Waals surface area contributed by atoms with Crippen molar-refractivity contribution in [3.63, 3.8) is 0 Å². The van der Waals surface area contributed by atoms with Crippen LogP contribution in [-0.4, -0.2) is 42.4 Å². The van der Waals surface area contributed by atoms with Crippen molar-refractivity contribution in [2.24, 2.45) is 16.7 Å². The zero-order chi connectivity index (χ0) is 29.7. The third kappa shape index (κ3) is 4.92. The van der Waals surface area contributed by atoms with Gasteiger partial charge in [0.15, 0.2) is 16.6 Å². The van der Waals surface area contributed by atoms with Gasteiger partial charge in [-0.1, -0.05) is 50.3 Å². The normalized spacial score (nSPS) is 15.3. The van der Waals surface area contributed by atoms with Gasteiger partial charge in [-0.25, -0.2) is 4.98 Å². The highest BCUT2D eigenvalue weighted by Gasteiger charge is 2.68. The van der Waals surface area contributed by atoms with Crippen molar-refractivity contribution in [1.82, 2.24) is 15.1 Å². The number of aryl methyl sites for hydroxylation is 1. The Hall–Kier alpha value is -4.32. The summed E-state index contributed by atoms with van der Waals surface area (Å²) in [7, 11) is 4.64. The van der Waals surface area contributed by atoms with E-state index in [0.717, 1.165) is 11.1 Å². The molecule has 5 rings (SSSR count). The third-order valence-corrected chi connectivity index (χ3v) is 9.19. The van der Waals surface area contributed by atoms with Crippen LogP contribution >= 0.6 is 11.3 Å². The van der Waals surface area contributed by atoms with Gasteiger partial charge in [0.1, 0.15) is 10.7 Å². The number of thiazole rings is 1. The van der Waals surface area contributed by atoms with E-state index in [2.05, 4.69) is 53.5 Å². The minimum atomic E-state index is -0.0614. The molecule has 0 bridgehead atoms. The minimum Gasteiger partial charge on any atom is -0.493 e. The standard InChI is InChI=1S/C29H34N6O5S/c1-14-9-10-15(31-25(36)22-28(2,3)29(22,4)5)11-17(14)24-34-26(40-35-24)21-23(30)33-27(41-21)32-16-12-18(37-6)20(39-8)19(13-16)38-7/h9-13,22H,30H2,1-8H3,(H,31,36)(H,32,33). The predicted molar refractivity (Wildman–Crippen MR) is 159 cm³/mol. The van der Waals surface area contributed by atoms with E-state index in [1.54, 1.807) is 33.5 Å². The molecule has 11 nitrogen and oxygen atoms in total. The molecular weight excluding hydrogens is 544 g/mol. The smallest absolute Gasteiger partial charge is 0.272 e. The van der Waals surface area contributed by atoms with E-state index in [9.17, 15) is 4.79 Å². The zero-order valence-corrected chi connectivity index (χ0v) is 25.1. The van der Waals surface area contributed by atoms with Crippen molar-refractivity contribution in [3.05, 3.63) is 35.9 Å². The third-order valence-electron chi connectivity index (χ3n) is 8.22. The fourth-order valence-corrected chi connectivity index (χ4v) is 6.07. The van der Waals surface area contributed by atoms with Crippen LogP contribution in [0.2, 0.25) is 0 Å². The number of hydrogen-bond acceptors (Lipinski definition) is 11. The SMILES string of the molecule is COc1cc(Nc2nc(N)c(-c3nc(-c4cc(NC(=O)C5C(C)(C)C5(C)C)ccc4C)no3)s2)cc(OC)c1OC. The van der Waals surface area contributed by atoms with Crippen molar-refractivity contribution in [1.29, 1.82) is 0 Å². The lowest BCUT2D eigenvalue weighted by Gasteiger charge is -2.14. The van der Waals surface area contributed by atoms with Crippen molar-refractivity contribution >= 4 is 39.6 Å². The number of nitrogens with one attached hydrogen (secondary N) is 2. The van der Waals surface area contributed by atoms with E-state index in [0.29, 0.717) is 44.5 Å². The van der Waals surface area contributed by atoms with Crippen LogP contribution in [-0.2, 0) is 4.79 Å². The molecule has 0 unspecified atom stereocenters. The number of carbonyl (C=O) groups excluding carboxylic acids is 1. The molecule has 2 aromatic carbocycles. The molecule has 2 aromatic heterocycles. The molecule has 0 atom stereocenters. The number of nitrogen functional groups attached to an aromatic ring is 1.